The molecule has 2 aromatic carbocycles. The van der Waals surface area contributed by atoms with Crippen molar-refractivity contribution >= 4 is 33.9 Å². The van der Waals surface area contributed by atoms with Gasteiger partial charge in [-0.1, -0.05) is 11.6 Å². The van der Waals surface area contributed by atoms with Crippen molar-refractivity contribution in [1.29, 1.82) is 0 Å². The molecule has 0 atom stereocenters. The number of anilines is 2. The van der Waals surface area contributed by atoms with Crippen molar-refractivity contribution in [3.8, 4) is 22.9 Å². The lowest BCUT2D eigenvalue weighted by molar-refractivity contribution is 0.134. The van der Waals surface area contributed by atoms with Gasteiger partial charge in [0, 0.05) is 66.6 Å². The summed E-state index contributed by atoms with van der Waals surface area (Å²) in [7, 11) is 3.66. The van der Waals surface area contributed by atoms with Crippen molar-refractivity contribution in [2.24, 2.45) is 0 Å². The summed E-state index contributed by atoms with van der Waals surface area (Å²) in [6, 6.07) is 13.7. The van der Waals surface area contributed by atoms with Crippen LogP contribution in [0.1, 0.15) is 0 Å². The van der Waals surface area contributed by atoms with Crippen LogP contribution in [-0.4, -0.2) is 78.5 Å². The molecule has 4 aromatic rings. The van der Waals surface area contributed by atoms with E-state index in [1.54, 1.807) is 12.3 Å². The van der Waals surface area contributed by atoms with Gasteiger partial charge in [0.2, 0.25) is 0 Å². The Kier molecular flexibility index (Phi) is 7.64. The van der Waals surface area contributed by atoms with Gasteiger partial charge < -0.3 is 19.7 Å². The Morgan fingerprint density at radius 3 is 2.65 bits per heavy atom. The normalized spacial score (nSPS) is 14.6. The van der Waals surface area contributed by atoms with Gasteiger partial charge in [0.25, 0.3) is 5.88 Å². The number of hydrogen-bond donors (Lipinski definition) is 1. The summed E-state index contributed by atoms with van der Waals surface area (Å²) in [4.78, 5) is 9.28. The quantitative estimate of drug-likeness (QED) is 0.351. The molecule has 5 rings (SSSR count). The minimum Gasteiger partial charge on any atom is -0.492 e. The molecule has 192 valence electrons. The molecule has 1 aliphatic heterocycles. The predicted octanol–water partition coefficient (Wildman–Crippen LogP) is 4.86. The van der Waals surface area contributed by atoms with Gasteiger partial charge in [0.1, 0.15) is 23.9 Å². The van der Waals surface area contributed by atoms with E-state index < -0.39 is 5.82 Å². The van der Waals surface area contributed by atoms with Gasteiger partial charge in [-0.25, -0.2) is 4.39 Å². The summed E-state index contributed by atoms with van der Waals surface area (Å²) in [6.45, 7) is 5.81. The van der Waals surface area contributed by atoms with E-state index >= 15 is 0 Å². The molecule has 37 heavy (non-hydrogen) atoms. The van der Waals surface area contributed by atoms with Crippen LogP contribution in [0.2, 0.25) is 5.02 Å². The van der Waals surface area contributed by atoms with Crippen LogP contribution in [0.3, 0.4) is 0 Å². The second-order valence-corrected chi connectivity index (χ2v) is 9.37. The van der Waals surface area contributed by atoms with Gasteiger partial charge in [0.15, 0.2) is 0 Å². The zero-order valence-electron chi connectivity index (χ0n) is 20.7. The maximum Gasteiger partial charge on any atom is 0.257 e. The lowest BCUT2D eigenvalue weighted by Crippen LogP contribution is -2.45. The Hall–Kier alpha value is -3.53. The topological polar surface area (TPSA) is 75.6 Å². The number of benzene rings is 2. The first-order valence-electron chi connectivity index (χ1n) is 12.1. The fourth-order valence-electron chi connectivity index (χ4n) is 4.28. The molecule has 0 bridgehead atoms. The highest BCUT2D eigenvalue weighted by atomic mass is 35.5. The number of aromatic nitrogens is 3. The molecule has 0 amide bonds. The summed E-state index contributed by atoms with van der Waals surface area (Å²) >= 11 is 6.07. The Morgan fingerprint density at radius 2 is 1.84 bits per heavy atom. The summed E-state index contributed by atoms with van der Waals surface area (Å²) < 4.78 is 25.9. The fourth-order valence-corrected chi connectivity index (χ4v) is 4.45. The van der Waals surface area contributed by atoms with Crippen LogP contribution in [0.4, 0.5) is 15.8 Å². The molecule has 10 heteroatoms. The number of nitrogens with zero attached hydrogens (tertiary/aromatic N) is 5. The number of halogens is 2. The summed E-state index contributed by atoms with van der Waals surface area (Å²) in [5.74, 6) is 0.609. The molecule has 1 saturated heterocycles. The highest BCUT2D eigenvalue weighted by Crippen LogP contribution is 2.34. The number of hydrogen-bond acceptors (Lipinski definition) is 8. The average molecular weight is 523 g/mol. The number of fused-ring (bicyclic) bond motifs is 1. The third kappa shape index (κ3) is 5.90. The Bertz CT molecular complexity index is 1400. The van der Waals surface area contributed by atoms with Crippen molar-refractivity contribution in [1.82, 2.24) is 25.0 Å². The second-order valence-electron chi connectivity index (χ2n) is 8.93. The van der Waals surface area contributed by atoms with Crippen molar-refractivity contribution in [2.45, 2.75) is 0 Å². The standard InChI is InChI=1S/C27H28ClFN6O2/c1-34-9-11-35(12-10-34)13-14-37-19-4-5-20-23(7-8-30-24(20)16-19)31-26-17-25(32-33-27(26)36-2)21-15-18(28)3-6-22(21)29/h3-8,15-17H,9-14H2,1-2H3,(H,30,31,32). The van der Waals surface area contributed by atoms with Gasteiger partial charge >= 0.3 is 0 Å². The molecule has 0 saturated carbocycles. The molecule has 8 nitrogen and oxygen atoms in total. The molecular weight excluding hydrogens is 495 g/mol. The van der Waals surface area contributed by atoms with E-state index in [2.05, 4.69) is 37.3 Å². The fraction of sp³-hybridized carbons (Fsp3) is 0.296. The molecule has 0 unspecified atom stereocenters. The zero-order valence-corrected chi connectivity index (χ0v) is 21.5. The smallest absolute Gasteiger partial charge is 0.257 e. The molecule has 0 radical (unpaired) electrons. The number of ether oxygens (including phenoxy) is 2. The van der Waals surface area contributed by atoms with Gasteiger partial charge in [-0.15, -0.1) is 10.2 Å². The van der Waals surface area contributed by atoms with Crippen LogP contribution in [0, 0.1) is 5.82 Å². The zero-order chi connectivity index (χ0) is 25.8. The molecule has 1 fully saturated rings. The van der Waals surface area contributed by atoms with Crippen LogP contribution >= 0.6 is 11.6 Å². The molecule has 2 aromatic heterocycles. The molecular formula is C27H28ClFN6O2. The van der Waals surface area contributed by atoms with E-state index in [1.165, 1.54) is 25.3 Å². The van der Waals surface area contributed by atoms with Crippen LogP contribution < -0.4 is 14.8 Å². The molecule has 3 heterocycles. The monoisotopic (exact) mass is 522 g/mol. The van der Waals surface area contributed by atoms with Crippen LogP contribution in [0.25, 0.3) is 22.2 Å². The largest absolute Gasteiger partial charge is 0.492 e. The highest BCUT2D eigenvalue weighted by Gasteiger charge is 2.15. The first-order valence-corrected chi connectivity index (χ1v) is 12.4. The molecule has 1 N–H and O–H groups in total. The van der Waals surface area contributed by atoms with Gasteiger partial charge in [-0.3, -0.25) is 9.88 Å². The van der Waals surface area contributed by atoms with E-state index in [4.69, 9.17) is 21.1 Å². The number of pyridine rings is 1. The van der Waals surface area contributed by atoms with E-state index in [-0.39, 0.29) is 11.4 Å². The Labute approximate surface area is 220 Å². The number of piperazine rings is 1. The SMILES string of the molecule is COc1nnc(-c2cc(Cl)ccc2F)cc1Nc1ccnc2cc(OCCN3CCN(C)CC3)ccc12. The molecule has 1 aliphatic rings. The molecule has 0 aliphatic carbocycles. The van der Waals surface area contributed by atoms with Gasteiger partial charge in [0.05, 0.1) is 18.3 Å². The highest BCUT2D eigenvalue weighted by molar-refractivity contribution is 6.30. The maximum absolute atomic E-state index is 14.4. The van der Waals surface area contributed by atoms with Crippen molar-refractivity contribution < 1.29 is 13.9 Å². The minimum absolute atomic E-state index is 0.253. The first kappa shape index (κ1) is 25.1. The minimum atomic E-state index is -0.440. The third-order valence-electron chi connectivity index (χ3n) is 6.41. The van der Waals surface area contributed by atoms with Crippen LogP contribution in [0.15, 0.2) is 54.7 Å². The van der Waals surface area contributed by atoms with E-state index in [0.717, 1.165) is 55.1 Å². The summed E-state index contributed by atoms with van der Waals surface area (Å²) in [5, 5.41) is 12.9. The van der Waals surface area contributed by atoms with Crippen molar-refractivity contribution in [3.63, 3.8) is 0 Å². The lowest BCUT2D eigenvalue weighted by Gasteiger charge is -2.32. The lowest BCUT2D eigenvalue weighted by atomic mass is 10.1. The van der Waals surface area contributed by atoms with Crippen molar-refractivity contribution in [3.05, 3.63) is 65.6 Å². The molecule has 0 spiro atoms. The Balaban J connectivity index is 1.35. The van der Waals surface area contributed by atoms with E-state index in [0.29, 0.717) is 23.0 Å². The summed E-state index contributed by atoms with van der Waals surface area (Å²) in [5.41, 5.74) is 2.69. The summed E-state index contributed by atoms with van der Waals surface area (Å²) in [6.07, 6.45) is 1.72. The van der Waals surface area contributed by atoms with E-state index in [9.17, 15) is 4.39 Å². The first-order chi connectivity index (χ1) is 18.0. The Morgan fingerprint density at radius 1 is 1.00 bits per heavy atom. The van der Waals surface area contributed by atoms with Crippen LogP contribution in [-0.2, 0) is 0 Å². The second kappa shape index (κ2) is 11.2. The van der Waals surface area contributed by atoms with Crippen molar-refractivity contribution in [2.75, 3.05) is 58.8 Å². The number of methoxy groups -OCH3 is 1. The number of likely N-dealkylation sites (N-methyl/N-ethyl adjacent to an activating group) is 1. The van der Waals surface area contributed by atoms with Gasteiger partial charge in [-0.2, -0.15) is 0 Å². The number of rotatable bonds is 8. The average Bonchev–Trinajstić information content (AvgIpc) is 2.91. The predicted molar refractivity (Wildman–Crippen MR) is 143 cm³/mol. The third-order valence-corrected chi connectivity index (χ3v) is 6.65. The van der Waals surface area contributed by atoms with E-state index in [1.807, 2.05) is 24.3 Å². The number of nitrogens with one attached hydrogen (secondary N) is 1. The van der Waals surface area contributed by atoms with Gasteiger partial charge in [-0.05, 0) is 49.5 Å². The van der Waals surface area contributed by atoms with Crippen LogP contribution in [0.5, 0.6) is 11.6 Å². The maximum atomic E-state index is 14.4.